The molecule has 1 fully saturated rings. The first kappa shape index (κ1) is 37.3. The van der Waals surface area contributed by atoms with Crippen LogP contribution in [-0.4, -0.2) is 58.5 Å². The molecule has 262 valence electrons. The number of hydrogen-bond donors (Lipinski definition) is 4. The van der Waals surface area contributed by atoms with Crippen LogP contribution >= 0.6 is 0 Å². The fourth-order valence-electron chi connectivity index (χ4n) is 5.98. The van der Waals surface area contributed by atoms with Gasteiger partial charge in [0.2, 0.25) is 0 Å². The average molecular weight is 701 g/mol. The van der Waals surface area contributed by atoms with Gasteiger partial charge in [-0.05, 0) is 30.2 Å². The normalized spacial score (nSPS) is 19.8. The maximum atomic E-state index is 12.8. The van der Waals surface area contributed by atoms with Crippen LogP contribution in [0.4, 0.5) is 18.0 Å². The SMILES string of the molecule is CC[NH+]1N=C(Cc2ccccc2)C=C1C1CC[NH+](CC[C@H](NC(=O)NS(=O)(=O)c2ccccc2)c2ccccc2)CC1.O=C([O-])C(F)(F)F. The Morgan fingerprint density at radius 3 is 2.04 bits per heavy atom. The second kappa shape index (κ2) is 17.2. The van der Waals surface area contributed by atoms with Crippen molar-refractivity contribution in [3.8, 4) is 0 Å². The molecule has 10 nitrogen and oxygen atoms in total. The van der Waals surface area contributed by atoms with Crippen LogP contribution in [0.5, 0.6) is 0 Å². The quantitative estimate of drug-likeness (QED) is 0.242. The zero-order valence-corrected chi connectivity index (χ0v) is 27.9. The Hall–Kier alpha value is -4.53. The number of halogens is 3. The van der Waals surface area contributed by atoms with E-state index in [4.69, 9.17) is 15.0 Å². The van der Waals surface area contributed by atoms with Crippen LogP contribution in [0.15, 0.2) is 113 Å². The highest BCUT2D eigenvalue weighted by Crippen LogP contribution is 2.20. The van der Waals surface area contributed by atoms with Crippen molar-refractivity contribution in [1.82, 2.24) is 10.0 Å². The zero-order valence-electron chi connectivity index (χ0n) is 27.1. The summed E-state index contributed by atoms with van der Waals surface area (Å²) in [6.45, 7) is 6.14. The molecule has 14 heteroatoms. The number of alkyl halides is 3. The molecule has 0 bridgehead atoms. The number of quaternary nitrogens is 2. The molecule has 5 rings (SSSR count). The number of carboxylic acids is 1. The smallest absolute Gasteiger partial charge is 0.430 e. The number of urea groups is 1. The van der Waals surface area contributed by atoms with E-state index in [1.54, 1.807) is 18.2 Å². The number of allylic oxidation sites excluding steroid dienone is 2. The summed E-state index contributed by atoms with van der Waals surface area (Å²) < 4.78 is 59.1. The lowest BCUT2D eigenvalue weighted by atomic mass is 9.91. The molecule has 1 saturated heterocycles. The Labute approximate surface area is 284 Å². The minimum atomic E-state index is -5.19. The molecule has 2 amide bonds. The van der Waals surface area contributed by atoms with Crippen molar-refractivity contribution in [2.45, 2.75) is 49.7 Å². The Bertz CT molecular complexity index is 1700. The maximum Gasteiger partial charge on any atom is 0.430 e. The van der Waals surface area contributed by atoms with Gasteiger partial charge in [0.1, 0.15) is 23.9 Å². The number of sulfonamides is 1. The van der Waals surface area contributed by atoms with Crippen molar-refractivity contribution < 1.29 is 46.2 Å². The molecule has 0 aliphatic carbocycles. The molecule has 3 aromatic carbocycles. The van der Waals surface area contributed by atoms with Gasteiger partial charge in [-0.2, -0.15) is 18.2 Å². The van der Waals surface area contributed by atoms with E-state index in [9.17, 15) is 26.4 Å². The standard InChI is InChI=1S/C33H39N5O3S.C2HF3O2/c1-2-38-32(25-29(35-38)24-26-12-6-3-7-13-26)28-18-21-37(22-19-28)23-20-31(27-14-8-4-9-15-27)34-33(39)36-42(40,41)30-16-10-5-11-17-30;3-2(4,5)1(6)7/h3-17,25,28,31H,2,18-24H2,1H3,(H2,34,36,39);(H,6,7)/p+1/t31-;/m0./s1. The molecule has 2 atom stereocenters. The van der Waals surface area contributed by atoms with Crippen molar-refractivity contribution >= 4 is 27.7 Å². The van der Waals surface area contributed by atoms with Crippen LogP contribution < -0.4 is 25.1 Å². The number of carbonyl (C=O) groups is 2. The number of piperidine rings is 1. The number of aliphatic carboxylic acids is 1. The third-order valence-corrected chi connectivity index (χ3v) is 9.78. The summed E-state index contributed by atoms with van der Waals surface area (Å²) in [5.41, 5.74) is 4.83. The number of carbonyl (C=O) groups excluding carboxylic acids is 2. The topological polar surface area (TPSA) is 137 Å². The van der Waals surface area contributed by atoms with Gasteiger partial charge in [0.05, 0.1) is 30.6 Å². The summed E-state index contributed by atoms with van der Waals surface area (Å²) in [4.78, 5) is 23.2. The van der Waals surface area contributed by atoms with Crippen molar-refractivity contribution in [3.05, 3.63) is 114 Å². The highest BCUT2D eigenvalue weighted by Gasteiger charge is 2.34. The number of nitrogens with one attached hydrogen (secondary N) is 4. The molecule has 0 saturated carbocycles. The lowest BCUT2D eigenvalue weighted by molar-refractivity contribution is -0.910. The number of likely N-dealkylation sites (tertiary alicyclic amines) is 1. The summed E-state index contributed by atoms with van der Waals surface area (Å²) in [6, 6.07) is 27.2. The number of carboxylic acid groups (broad SMARTS) is 1. The number of rotatable bonds is 11. The maximum absolute atomic E-state index is 12.8. The van der Waals surface area contributed by atoms with Gasteiger partial charge in [0, 0.05) is 37.7 Å². The van der Waals surface area contributed by atoms with Crippen molar-refractivity contribution in [2.24, 2.45) is 11.0 Å². The van der Waals surface area contributed by atoms with E-state index in [1.807, 2.05) is 36.4 Å². The van der Waals surface area contributed by atoms with Gasteiger partial charge in [-0.3, -0.25) is 0 Å². The van der Waals surface area contributed by atoms with Crippen LogP contribution in [0.3, 0.4) is 0 Å². The fourth-order valence-corrected chi connectivity index (χ4v) is 6.91. The summed E-state index contributed by atoms with van der Waals surface area (Å²) in [6.07, 6.45) is 0.934. The molecular weight excluding hydrogens is 659 g/mol. The second-order valence-electron chi connectivity index (χ2n) is 11.9. The van der Waals surface area contributed by atoms with Crippen LogP contribution in [-0.2, 0) is 21.2 Å². The molecule has 0 spiro atoms. The van der Waals surface area contributed by atoms with Crippen molar-refractivity contribution in [1.29, 1.82) is 0 Å². The molecule has 49 heavy (non-hydrogen) atoms. The van der Waals surface area contributed by atoms with E-state index in [2.05, 4.69) is 47.3 Å². The molecule has 2 heterocycles. The van der Waals surface area contributed by atoms with E-state index >= 15 is 0 Å². The minimum Gasteiger partial charge on any atom is -0.542 e. The molecule has 0 aromatic heterocycles. The van der Waals surface area contributed by atoms with Gasteiger partial charge < -0.3 is 20.1 Å². The number of nitrogens with zero attached hydrogens (tertiary/aromatic N) is 1. The zero-order chi connectivity index (χ0) is 35.4. The van der Waals surface area contributed by atoms with E-state index < -0.39 is 28.2 Å². The molecule has 4 N–H and O–H groups in total. The van der Waals surface area contributed by atoms with Crippen LogP contribution in [0.1, 0.15) is 43.4 Å². The van der Waals surface area contributed by atoms with Gasteiger partial charge in [-0.15, -0.1) is 0 Å². The molecule has 2 aliphatic rings. The largest absolute Gasteiger partial charge is 0.542 e. The van der Waals surface area contributed by atoms with Crippen LogP contribution in [0.25, 0.3) is 0 Å². The first-order chi connectivity index (χ1) is 23.4. The van der Waals surface area contributed by atoms with Crippen LogP contribution in [0, 0.1) is 5.92 Å². The van der Waals surface area contributed by atoms with E-state index in [-0.39, 0.29) is 10.9 Å². The monoisotopic (exact) mass is 700 g/mol. The summed E-state index contributed by atoms with van der Waals surface area (Å²) in [5.74, 6) is -2.48. The van der Waals surface area contributed by atoms with E-state index in [1.165, 1.54) is 33.3 Å². The summed E-state index contributed by atoms with van der Waals surface area (Å²) in [7, 11) is -3.95. The fraction of sp³-hybridized carbons (Fsp3) is 0.343. The Morgan fingerprint density at radius 2 is 1.49 bits per heavy atom. The highest BCUT2D eigenvalue weighted by atomic mass is 32.2. The molecule has 2 aliphatic heterocycles. The predicted molar refractivity (Wildman–Crippen MR) is 176 cm³/mol. The Balaban J connectivity index is 0.000000698. The Morgan fingerprint density at radius 1 is 0.939 bits per heavy atom. The third-order valence-electron chi connectivity index (χ3n) is 8.44. The lowest BCUT2D eigenvalue weighted by Gasteiger charge is -2.31. The van der Waals surface area contributed by atoms with Gasteiger partial charge in [-0.1, -0.05) is 84.0 Å². The number of amides is 2. The number of hydrogen-bond acceptors (Lipinski definition) is 6. The summed E-state index contributed by atoms with van der Waals surface area (Å²) >= 11 is 0. The molecule has 0 radical (unpaired) electrons. The Kier molecular flexibility index (Phi) is 13.1. The van der Waals surface area contributed by atoms with Crippen LogP contribution in [0.2, 0.25) is 0 Å². The predicted octanol–water partition coefficient (Wildman–Crippen LogP) is 1.80. The first-order valence-electron chi connectivity index (χ1n) is 16.1. The summed E-state index contributed by atoms with van der Waals surface area (Å²) in [5, 5.41) is 17.9. The van der Waals surface area contributed by atoms with Gasteiger partial charge in [0.15, 0.2) is 0 Å². The highest BCUT2D eigenvalue weighted by molar-refractivity contribution is 7.90. The first-order valence-corrected chi connectivity index (χ1v) is 17.6. The van der Waals surface area contributed by atoms with E-state index in [0.717, 1.165) is 56.7 Å². The second-order valence-corrected chi connectivity index (χ2v) is 13.6. The molecular formula is C35H41F3N5O5S+. The van der Waals surface area contributed by atoms with E-state index in [0.29, 0.717) is 12.3 Å². The van der Waals surface area contributed by atoms with Gasteiger partial charge in [0.25, 0.3) is 10.0 Å². The molecule has 1 unspecified atom stereocenters. The minimum absolute atomic E-state index is 0.0576. The third kappa shape index (κ3) is 11.3. The lowest BCUT2D eigenvalue weighted by Crippen LogP contribution is -3.13. The molecule has 3 aromatic rings. The average Bonchev–Trinajstić information content (AvgIpc) is 3.50. The van der Waals surface area contributed by atoms with Crippen molar-refractivity contribution in [2.75, 3.05) is 26.2 Å². The van der Waals surface area contributed by atoms with Gasteiger partial charge in [-0.25, -0.2) is 17.9 Å². The van der Waals surface area contributed by atoms with Gasteiger partial charge >= 0.3 is 12.2 Å². The number of benzene rings is 3. The van der Waals surface area contributed by atoms with Crippen molar-refractivity contribution in [3.63, 3.8) is 0 Å².